The van der Waals surface area contributed by atoms with E-state index in [1.54, 1.807) is 0 Å². The van der Waals surface area contributed by atoms with Gasteiger partial charge in [0.05, 0.1) is 23.4 Å². The van der Waals surface area contributed by atoms with E-state index in [4.69, 9.17) is 19.5 Å². The van der Waals surface area contributed by atoms with E-state index in [2.05, 4.69) is 95.7 Å². The van der Waals surface area contributed by atoms with Crippen LogP contribution in [0.15, 0.2) is 53.3 Å². The summed E-state index contributed by atoms with van der Waals surface area (Å²) in [5, 5.41) is 27.7. The average molecular weight is 702 g/mol. The maximum absolute atomic E-state index is 8.25. The fraction of sp³-hybridized carbons (Fsp3) is 0.562. The Morgan fingerprint density at radius 1 is 0.773 bits per heavy atom. The molecule has 2 aliphatic carbocycles. The zero-order valence-corrected chi connectivity index (χ0v) is 30.9. The Bertz CT molecular complexity index is 1480. The molecule has 0 radical (unpaired) electrons. The molecule has 6 rings (SSSR count). The summed E-state index contributed by atoms with van der Waals surface area (Å²) in [5.41, 5.74) is 3.77. The highest BCUT2D eigenvalue weighted by Crippen LogP contribution is 2.40. The Morgan fingerprint density at radius 3 is 1.70 bits per heavy atom. The van der Waals surface area contributed by atoms with Gasteiger partial charge in [-0.25, -0.2) is 9.36 Å². The maximum Gasteiger partial charge on any atom is 0.454 e. The lowest BCUT2D eigenvalue weighted by atomic mass is 9.84. The van der Waals surface area contributed by atoms with Crippen molar-refractivity contribution in [1.82, 2.24) is 19.6 Å². The predicted octanol–water partition coefficient (Wildman–Crippen LogP) is 7.96. The Morgan fingerprint density at radius 2 is 1.27 bits per heavy atom. The third-order valence-electron chi connectivity index (χ3n) is 7.78. The molecule has 2 heterocycles. The number of halogens is 1. The lowest BCUT2D eigenvalue weighted by Gasteiger charge is -2.15. The van der Waals surface area contributed by atoms with Crippen molar-refractivity contribution in [2.24, 2.45) is 0 Å². The number of aromatic nitrogens is 4. The fourth-order valence-corrected chi connectivity index (χ4v) is 6.39. The normalized spacial score (nSPS) is 15.1. The lowest BCUT2D eigenvalue weighted by molar-refractivity contribution is 0.0816. The van der Waals surface area contributed by atoms with E-state index in [1.165, 1.54) is 41.4 Å². The van der Waals surface area contributed by atoms with Crippen LogP contribution in [-0.2, 0) is 22.9 Å². The van der Waals surface area contributed by atoms with Gasteiger partial charge < -0.3 is 19.5 Å². The van der Waals surface area contributed by atoms with Crippen molar-refractivity contribution in [3.8, 4) is 0 Å². The van der Waals surface area contributed by atoms with E-state index in [9.17, 15) is 0 Å². The largest absolute Gasteiger partial charge is 0.454 e. The SMILES string of the molecule is C[Si](C)(C)CCOCn1ncc2cc(Br)ccc21.C[Si](C)(C)CCOCn1ncc2cc(C3CC3)ccc21.OB(O)C1CC1. The molecule has 0 bridgehead atoms. The van der Waals surface area contributed by atoms with Gasteiger partial charge in [-0.2, -0.15) is 10.2 Å². The smallest absolute Gasteiger partial charge is 0.427 e. The van der Waals surface area contributed by atoms with E-state index in [-0.39, 0.29) is 5.82 Å². The monoisotopic (exact) mass is 700 g/mol. The maximum atomic E-state index is 8.25. The molecule has 44 heavy (non-hydrogen) atoms. The minimum atomic E-state index is -1.04. The van der Waals surface area contributed by atoms with E-state index < -0.39 is 23.3 Å². The molecule has 2 aromatic carbocycles. The summed E-state index contributed by atoms with van der Waals surface area (Å²) in [6.45, 7) is 17.0. The van der Waals surface area contributed by atoms with Gasteiger partial charge in [-0.05, 0) is 72.6 Å². The van der Waals surface area contributed by atoms with Crippen molar-refractivity contribution in [2.45, 2.75) is 102 Å². The van der Waals surface area contributed by atoms with E-state index >= 15 is 0 Å². The zero-order valence-electron chi connectivity index (χ0n) is 27.3. The first-order valence-corrected chi connectivity index (χ1v) is 24.1. The summed E-state index contributed by atoms with van der Waals surface area (Å²) in [5.74, 6) is 1.01. The van der Waals surface area contributed by atoms with Crippen molar-refractivity contribution in [3.05, 3.63) is 58.8 Å². The molecule has 0 atom stereocenters. The fourth-order valence-electron chi connectivity index (χ4n) is 4.49. The van der Waals surface area contributed by atoms with Crippen LogP contribution < -0.4 is 0 Å². The van der Waals surface area contributed by atoms with Gasteiger partial charge in [0.25, 0.3) is 0 Å². The summed E-state index contributed by atoms with van der Waals surface area (Å²) in [4.78, 5) is 0. The number of benzene rings is 2. The Kier molecular flexibility index (Phi) is 12.5. The van der Waals surface area contributed by atoms with Crippen LogP contribution in [0.1, 0.15) is 37.2 Å². The first-order chi connectivity index (χ1) is 20.8. The number of hydrogen-bond acceptors (Lipinski definition) is 6. The van der Waals surface area contributed by atoms with Gasteiger partial charge in [-0.3, -0.25) is 0 Å². The first-order valence-electron chi connectivity index (χ1n) is 15.9. The van der Waals surface area contributed by atoms with Gasteiger partial charge in [-0.15, -0.1) is 0 Å². The molecule has 0 aliphatic heterocycles. The second-order valence-electron chi connectivity index (χ2n) is 14.5. The van der Waals surface area contributed by atoms with Crippen LogP contribution in [0, 0.1) is 0 Å². The number of rotatable bonds is 12. The molecular formula is C32H50BBrN4O4Si2. The van der Waals surface area contributed by atoms with Gasteiger partial charge in [0.2, 0.25) is 0 Å². The van der Waals surface area contributed by atoms with Crippen molar-refractivity contribution in [2.75, 3.05) is 13.2 Å². The molecule has 0 spiro atoms. The molecule has 2 aromatic heterocycles. The molecule has 2 fully saturated rings. The number of nitrogens with zero attached hydrogens (tertiary/aromatic N) is 4. The summed E-state index contributed by atoms with van der Waals surface area (Å²) in [6, 6.07) is 15.3. The van der Waals surface area contributed by atoms with Crippen molar-refractivity contribution < 1.29 is 19.5 Å². The third-order valence-corrected chi connectivity index (χ3v) is 11.7. The highest BCUT2D eigenvalue weighted by atomic mass is 79.9. The molecule has 12 heteroatoms. The first kappa shape index (κ1) is 35.1. The van der Waals surface area contributed by atoms with Gasteiger partial charge in [0, 0.05) is 44.6 Å². The minimum absolute atomic E-state index is 0.213. The van der Waals surface area contributed by atoms with E-state index in [1.807, 2.05) is 27.8 Å². The van der Waals surface area contributed by atoms with Crippen LogP contribution >= 0.6 is 15.9 Å². The predicted molar refractivity (Wildman–Crippen MR) is 191 cm³/mol. The average Bonchev–Trinajstić information content (AvgIpc) is 3.88. The molecular weight excluding hydrogens is 651 g/mol. The van der Waals surface area contributed by atoms with Gasteiger partial charge in [0.1, 0.15) is 13.5 Å². The van der Waals surface area contributed by atoms with Crippen LogP contribution in [0.4, 0.5) is 0 Å². The zero-order chi connectivity index (χ0) is 31.9. The summed E-state index contributed by atoms with van der Waals surface area (Å²) in [6.07, 6.45) is 8.53. The molecule has 8 nitrogen and oxygen atoms in total. The Balaban J connectivity index is 0.000000170. The standard InChI is InChI=1S/C16H24N2OSi.C13H19BrN2OSi.C3H7BO2/c1-20(2,3)9-8-19-12-18-16-7-6-14(13-4-5-13)10-15(16)11-17-18;1-18(2,3)7-6-17-10-16-13-5-4-12(14)8-11(13)9-15-16;5-4(6)3-1-2-3/h6-7,10-11,13H,4-5,8-9,12H2,1-3H3;4-5,8-9H,6-7,10H2,1-3H3;3,5-6H,1-2H2. The number of hydrogen-bond donors (Lipinski definition) is 2. The molecule has 2 N–H and O–H groups in total. The molecule has 0 amide bonds. The van der Waals surface area contributed by atoms with Gasteiger partial charge in [0.15, 0.2) is 0 Å². The molecule has 0 unspecified atom stereocenters. The van der Waals surface area contributed by atoms with Crippen molar-refractivity contribution in [1.29, 1.82) is 0 Å². The molecule has 240 valence electrons. The highest BCUT2D eigenvalue weighted by Gasteiger charge is 2.33. The molecule has 2 aliphatic rings. The summed E-state index contributed by atoms with van der Waals surface area (Å²) in [7, 11) is -3.04. The molecule has 0 saturated heterocycles. The summed E-state index contributed by atoms with van der Waals surface area (Å²) < 4.78 is 16.5. The number of ether oxygens (including phenoxy) is 2. The van der Waals surface area contributed by atoms with Gasteiger partial charge in [-0.1, -0.05) is 74.1 Å². The van der Waals surface area contributed by atoms with Crippen LogP contribution in [0.5, 0.6) is 0 Å². The quantitative estimate of drug-likeness (QED) is 0.115. The Hall–Kier alpha value is -1.80. The van der Waals surface area contributed by atoms with Crippen LogP contribution in [0.2, 0.25) is 57.2 Å². The van der Waals surface area contributed by atoms with E-state index in [0.29, 0.717) is 13.5 Å². The second-order valence-corrected chi connectivity index (χ2v) is 26.7. The van der Waals surface area contributed by atoms with Crippen molar-refractivity contribution >= 4 is 61.0 Å². The van der Waals surface area contributed by atoms with Crippen molar-refractivity contribution in [3.63, 3.8) is 0 Å². The van der Waals surface area contributed by atoms with E-state index in [0.717, 1.165) is 47.3 Å². The lowest BCUT2D eigenvalue weighted by Crippen LogP contribution is -2.22. The number of fused-ring (bicyclic) bond motifs is 2. The topological polar surface area (TPSA) is 94.6 Å². The van der Waals surface area contributed by atoms with Crippen LogP contribution in [0.25, 0.3) is 21.8 Å². The molecule has 4 aromatic rings. The second kappa shape index (κ2) is 15.7. The third kappa shape index (κ3) is 11.8. The van der Waals surface area contributed by atoms with Crippen LogP contribution in [0.3, 0.4) is 0 Å². The minimum Gasteiger partial charge on any atom is -0.427 e. The van der Waals surface area contributed by atoms with Gasteiger partial charge >= 0.3 is 7.12 Å². The Labute approximate surface area is 273 Å². The van der Waals surface area contributed by atoms with Crippen LogP contribution in [-0.4, -0.2) is 66.1 Å². The highest BCUT2D eigenvalue weighted by molar-refractivity contribution is 9.10. The summed E-state index contributed by atoms with van der Waals surface area (Å²) >= 11 is 3.46. The molecule has 2 saturated carbocycles.